The lowest BCUT2D eigenvalue weighted by molar-refractivity contribution is 0.0691. The zero-order valence-corrected chi connectivity index (χ0v) is 22.6. The van der Waals surface area contributed by atoms with Crippen LogP contribution in [-0.2, 0) is 17.8 Å². The Bertz CT molecular complexity index is 1750. The highest BCUT2D eigenvalue weighted by atomic mass is 32.2. The first-order valence-electron chi connectivity index (χ1n) is 12.4. The van der Waals surface area contributed by atoms with E-state index < -0.39 is 23.1 Å². The molecule has 0 amide bonds. The third-order valence-corrected chi connectivity index (χ3v) is 8.37. The van der Waals surface area contributed by atoms with Gasteiger partial charge in [-0.3, -0.25) is 0 Å². The molecule has 0 bridgehead atoms. The van der Waals surface area contributed by atoms with Crippen LogP contribution in [0, 0.1) is 11.6 Å². The van der Waals surface area contributed by atoms with Crippen molar-refractivity contribution in [1.82, 2.24) is 14.8 Å². The van der Waals surface area contributed by atoms with E-state index in [1.165, 1.54) is 41.0 Å². The van der Waals surface area contributed by atoms with Gasteiger partial charge in [0.2, 0.25) is 10.0 Å². The van der Waals surface area contributed by atoms with Crippen LogP contribution in [0.1, 0.15) is 46.1 Å². The summed E-state index contributed by atoms with van der Waals surface area (Å²) in [5.41, 5.74) is 5.29. The van der Waals surface area contributed by atoms with E-state index in [2.05, 4.69) is 4.98 Å². The predicted octanol–water partition coefficient (Wildman–Crippen LogP) is 6.43. The molecule has 202 valence electrons. The molecule has 0 aliphatic heterocycles. The van der Waals surface area contributed by atoms with Crippen molar-refractivity contribution in [3.63, 3.8) is 0 Å². The number of carboxylic acid groups (broad SMARTS) is 1. The van der Waals surface area contributed by atoms with Crippen LogP contribution in [0.25, 0.3) is 27.5 Å². The molecule has 0 radical (unpaired) electrons. The summed E-state index contributed by atoms with van der Waals surface area (Å²) in [5, 5.41) is 21.8. The molecule has 2 heterocycles. The molecule has 1 aliphatic rings. The fraction of sp³-hybridized carbons (Fsp3) is 0.138. The van der Waals surface area contributed by atoms with Crippen molar-refractivity contribution >= 4 is 28.7 Å². The summed E-state index contributed by atoms with van der Waals surface area (Å²) in [6.07, 6.45) is 2.25. The summed E-state index contributed by atoms with van der Waals surface area (Å²) < 4.78 is 40.2. The SMILES string of the molecule is N[S+](O)c1ccc(Cc2c(C3CC3)nn(-c3nc(C(=O)O)cs3)c2-c2cccc(-c3cccc(F)c3)c2)cc1F. The highest BCUT2D eigenvalue weighted by molar-refractivity contribution is 7.89. The summed E-state index contributed by atoms with van der Waals surface area (Å²) in [6.45, 7) is 0. The number of halogens is 2. The smallest absolute Gasteiger partial charge is 0.355 e. The molecule has 11 heteroatoms. The lowest BCUT2D eigenvalue weighted by Gasteiger charge is -2.11. The number of carboxylic acids is 1. The van der Waals surface area contributed by atoms with E-state index in [1.54, 1.807) is 16.8 Å². The minimum absolute atomic E-state index is 0.0360. The molecular weight excluding hydrogens is 554 g/mol. The van der Waals surface area contributed by atoms with Crippen LogP contribution in [0.4, 0.5) is 8.78 Å². The van der Waals surface area contributed by atoms with Crippen molar-refractivity contribution < 1.29 is 23.2 Å². The molecular formula is C29H23F2N4O3S2+. The third kappa shape index (κ3) is 5.16. The van der Waals surface area contributed by atoms with E-state index in [0.717, 1.165) is 35.2 Å². The van der Waals surface area contributed by atoms with Gasteiger partial charge in [0.05, 0.1) is 11.4 Å². The van der Waals surface area contributed by atoms with Gasteiger partial charge in [-0.05, 0) is 53.8 Å². The average molecular weight is 578 g/mol. The number of nitrogens with zero attached hydrogens (tertiary/aromatic N) is 3. The summed E-state index contributed by atoms with van der Waals surface area (Å²) >= 11 is -0.531. The highest BCUT2D eigenvalue weighted by Crippen LogP contribution is 2.45. The number of hydrogen-bond donors (Lipinski definition) is 3. The third-order valence-electron chi connectivity index (χ3n) is 6.77. The Morgan fingerprint density at radius 1 is 1.05 bits per heavy atom. The van der Waals surface area contributed by atoms with Crippen molar-refractivity contribution in [2.45, 2.75) is 30.1 Å². The van der Waals surface area contributed by atoms with Gasteiger partial charge in [-0.1, -0.05) is 36.4 Å². The molecule has 1 fully saturated rings. The molecule has 1 aliphatic carbocycles. The quantitative estimate of drug-likeness (QED) is 0.183. The number of hydrogen-bond acceptors (Lipinski definition) is 6. The maximum atomic E-state index is 14.8. The number of aromatic carboxylic acids is 1. The Labute approximate surface area is 235 Å². The molecule has 2 aromatic heterocycles. The Morgan fingerprint density at radius 3 is 2.42 bits per heavy atom. The first-order chi connectivity index (χ1) is 19.3. The highest BCUT2D eigenvalue weighted by Gasteiger charge is 2.33. The molecule has 0 spiro atoms. The summed E-state index contributed by atoms with van der Waals surface area (Å²) in [4.78, 5) is 15.9. The Hall–Kier alpha value is -3.90. The zero-order valence-electron chi connectivity index (χ0n) is 20.9. The second-order valence-electron chi connectivity index (χ2n) is 9.57. The molecule has 3 aromatic carbocycles. The Morgan fingerprint density at radius 2 is 1.77 bits per heavy atom. The fourth-order valence-corrected chi connectivity index (χ4v) is 5.98. The van der Waals surface area contributed by atoms with E-state index in [1.807, 2.05) is 30.3 Å². The van der Waals surface area contributed by atoms with Gasteiger partial charge in [0, 0.05) is 34.9 Å². The van der Waals surface area contributed by atoms with Crippen molar-refractivity contribution in [2.24, 2.45) is 5.14 Å². The number of benzene rings is 3. The van der Waals surface area contributed by atoms with Crippen LogP contribution in [0.15, 0.2) is 77.0 Å². The molecule has 7 nitrogen and oxygen atoms in total. The van der Waals surface area contributed by atoms with Gasteiger partial charge in [0.1, 0.15) is 5.82 Å². The largest absolute Gasteiger partial charge is 0.476 e. The monoisotopic (exact) mass is 577 g/mol. The van der Waals surface area contributed by atoms with Crippen molar-refractivity contribution in [1.29, 1.82) is 0 Å². The van der Waals surface area contributed by atoms with Gasteiger partial charge in [-0.2, -0.15) is 9.65 Å². The maximum absolute atomic E-state index is 14.8. The molecule has 5 aromatic rings. The second kappa shape index (κ2) is 10.6. The van der Waals surface area contributed by atoms with E-state index in [0.29, 0.717) is 28.4 Å². The lowest BCUT2D eigenvalue weighted by Crippen LogP contribution is -2.13. The van der Waals surface area contributed by atoms with E-state index in [4.69, 9.17) is 10.2 Å². The van der Waals surface area contributed by atoms with E-state index in [-0.39, 0.29) is 22.3 Å². The van der Waals surface area contributed by atoms with Gasteiger partial charge in [-0.25, -0.2) is 23.2 Å². The summed E-state index contributed by atoms with van der Waals surface area (Å²) in [5.74, 6) is -1.85. The Kier molecular flexibility index (Phi) is 6.97. The van der Waals surface area contributed by atoms with Crippen LogP contribution in [0.5, 0.6) is 0 Å². The minimum atomic E-state index is -1.70. The van der Waals surface area contributed by atoms with Crippen molar-refractivity contribution in [3.8, 4) is 27.5 Å². The average Bonchev–Trinajstić information content (AvgIpc) is 3.52. The van der Waals surface area contributed by atoms with Crippen LogP contribution >= 0.6 is 11.3 Å². The van der Waals surface area contributed by atoms with Crippen LogP contribution in [0.2, 0.25) is 0 Å². The van der Waals surface area contributed by atoms with Gasteiger partial charge < -0.3 is 5.11 Å². The van der Waals surface area contributed by atoms with E-state index in [9.17, 15) is 23.2 Å². The predicted molar refractivity (Wildman–Crippen MR) is 151 cm³/mol. The van der Waals surface area contributed by atoms with Gasteiger partial charge in [0.15, 0.2) is 11.5 Å². The summed E-state index contributed by atoms with van der Waals surface area (Å²) in [7, 11) is 0. The van der Waals surface area contributed by atoms with Crippen LogP contribution in [0.3, 0.4) is 0 Å². The van der Waals surface area contributed by atoms with Gasteiger partial charge >= 0.3 is 5.97 Å². The number of carbonyl (C=O) groups is 1. The van der Waals surface area contributed by atoms with Crippen LogP contribution in [-0.4, -0.2) is 30.4 Å². The number of thiazole rings is 1. The molecule has 40 heavy (non-hydrogen) atoms. The van der Waals surface area contributed by atoms with Crippen molar-refractivity contribution in [2.75, 3.05) is 0 Å². The van der Waals surface area contributed by atoms with Gasteiger partial charge in [-0.15, -0.1) is 16.5 Å². The maximum Gasteiger partial charge on any atom is 0.355 e. The number of nitrogens with two attached hydrogens (primary N) is 1. The Balaban J connectivity index is 1.54. The lowest BCUT2D eigenvalue weighted by atomic mass is 9.95. The molecule has 1 unspecified atom stereocenters. The van der Waals surface area contributed by atoms with Gasteiger partial charge in [0.25, 0.3) is 11.4 Å². The first kappa shape index (κ1) is 26.3. The second-order valence-corrected chi connectivity index (χ2v) is 11.5. The fourth-order valence-electron chi connectivity index (χ4n) is 4.76. The number of aromatic nitrogens is 3. The normalized spacial score (nSPS) is 13.9. The topological polar surface area (TPSA) is 114 Å². The summed E-state index contributed by atoms with van der Waals surface area (Å²) in [6, 6.07) is 18.5. The molecule has 6 rings (SSSR count). The van der Waals surface area contributed by atoms with E-state index >= 15 is 0 Å². The molecule has 0 saturated heterocycles. The molecule has 1 saturated carbocycles. The molecule has 1 atom stereocenters. The first-order valence-corrected chi connectivity index (χ1v) is 14.5. The zero-order chi connectivity index (χ0) is 28.0. The van der Waals surface area contributed by atoms with Crippen LogP contribution < -0.4 is 5.14 Å². The minimum Gasteiger partial charge on any atom is -0.476 e. The standard InChI is InChI=1S/C29H22F2N4O3S2/c30-21-6-2-4-19(14-21)18-3-1-5-20(13-18)27-22(11-16-7-10-25(40(32)38)23(31)12-16)26(17-8-9-17)34-35(27)29-33-24(15-39-29)28(36)37/h1-7,10,12-15,17,38H,8-9,11,32H2/p+1. The molecule has 4 N–H and O–H groups in total. The number of rotatable bonds is 8. The van der Waals surface area contributed by atoms with Crippen molar-refractivity contribution in [3.05, 3.63) is 106 Å².